The number of nitrogens with one attached hydrogen (secondary N) is 1. The standard InChI is InChI=1S/C14H19N5O2/c1-10-3-4-11(21-10)5-19(2)8-14-6-13(7-14,9-20-14)12-15-17-18-16-12/h3-4H,5-9H2,1-2H3,(H,15,16,17,18). The molecule has 0 unspecified atom stereocenters. The van der Waals surface area contributed by atoms with Gasteiger partial charge in [-0.05, 0) is 38.9 Å². The van der Waals surface area contributed by atoms with Gasteiger partial charge >= 0.3 is 0 Å². The highest BCUT2D eigenvalue weighted by molar-refractivity contribution is 5.25. The van der Waals surface area contributed by atoms with E-state index in [2.05, 4.69) is 32.6 Å². The van der Waals surface area contributed by atoms with Crippen LogP contribution in [-0.2, 0) is 16.7 Å². The summed E-state index contributed by atoms with van der Waals surface area (Å²) in [7, 11) is 2.10. The molecule has 0 spiro atoms. The summed E-state index contributed by atoms with van der Waals surface area (Å²) < 4.78 is 11.7. The van der Waals surface area contributed by atoms with Gasteiger partial charge in [-0.25, -0.2) is 0 Å². The Bertz CT molecular complexity index is 630. The minimum atomic E-state index is -0.0585. The summed E-state index contributed by atoms with van der Waals surface area (Å²) in [6, 6.07) is 4.03. The van der Waals surface area contributed by atoms with Gasteiger partial charge in [0.1, 0.15) is 11.5 Å². The third-order valence-corrected chi connectivity index (χ3v) is 4.58. The number of aromatic amines is 1. The number of hydrogen-bond donors (Lipinski definition) is 1. The summed E-state index contributed by atoms with van der Waals surface area (Å²) in [6.07, 6.45) is 1.95. The van der Waals surface area contributed by atoms with Gasteiger partial charge < -0.3 is 9.15 Å². The summed E-state index contributed by atoms with van der Waals surface area (Å²) in [5.41, 5.74) is -0.0773. The SMILES string of the molecule is Cc1ccc(CN(C)CC23CC(c4nn[nH]n4)(CO2)C3)o1. The number of aryl methyl sites for hydroxylation is 1. The second-order valence-corrected chi connectivity index (χ2v) is 6.53. The first-order chi connectivity index (χ1) is 10.1. The van der Waals surface area contributed by atoms with E-state index in [9.17, 15) is 0 Å². The molecule has 0 aromatic carbocycles. The number of furan rings is 1. The van der Waals surface area contributed by atoms with Crippen molar-refractivity contribution in [1.82, 2.24) is 25.5 Å². The van der Waals surface area contributed by atoms with Crippen molar-refractivity contribution in [3.8, 4) is 0 Å². The zero-order valence-corrected chi connectivity index (χ0v) is 12.3. The van der Waals surface area contributed by atoms with E-state index in [0.29, 0.717) is 6.61 Å². The fraction of sp³-hybridized carbons (Fsp3) is 0.643. The van der Waals surface area contributed by atoms with Crippen molar-refractivity contribution in [2.45, 2.75) is 37.3 Å². The topological polar surface area (TPSA) is 80.1 Å². The lowest BCUT2D eigenvalue weighted by molar-refractivity contribution is -0.0301. The number of rotatable bonds is 5. The van der Waals surface area contributed by atoms with Crippen LogP contribution in [0.4, 0.5) is 0 Å². The van der Waals surface area contributed by atoms with Gasteiger partial charge in [0.25, 0.3) is 0 Å². The van der Waals surface area contributed by atoms with Gasteiger partial charge in [0, 0.05) is 6.54 Å². The van der Waals surface area contributed by atoms with Crippen molar-refractivity contribution in [2.24, 2.45) is 0 Å². The first kappa shape index (κ1) is 13.0. The highest BCUT2D eigenvalue weighted by Gasteiger charge is 2.65. The van der Waals surface area contributed by atoms with E-state index < -0.39 is 0 Å². The van der Waals surface area contributed by atoms with Crippen LogP contribution in [0.2, 0.25) is 0 Å². The first-order valence-electron chi connectivity index (χ1n) is 7.21. The lowest BCUT2D eigenvalue weighted by Gasteiger charge is -2.44. The Kier molecular flexibility index (Phi) is 2.71. The molecule has 0 atom stereocenters. The van der Waals surface area contributed by atoms with Crippen molar-refractivity contribution in [2.75, 3.05) is 20.2 Å². The highest BCUT2D eigenvalue weighted by atomic mass is 16.5. The lowest BCUT2D eigenvalue weighted by atomic mass is 9.62. The van der Waals surface area contributed by atoms with Crippen molar-refractivity contribution >= 4 is 0 Å². The number of H-pyrrole nitrogens is 1. The predicted molar refractivity (Wildman–Crippen MR) is 73.6 cm³/mol. The lowest BCUT2D eigenvalue weighted by Crippen LogP contribution is -2.53. The quantitative estimate of drug-likeness (QED) is 0.885. The smallest absolute Gasteiger partial charge is 0.183 e. The molecule has 0 radical (unpaired) electrons. The van der Waals surface area contributed by atoms with E-state index in [-0.39, 0.29) is 11.0 Å². The van der Waals surface area contributed by atoms with E-state index in [1.165, 1.54) is 0 Å². The molecule has 2 aliphatic heterocycles. The van der Waals surface area contributed by atoms with Crippen molar-refractivity contribution in [3.05, 3.63) is 29.5 Å². The third-order valence-electron chi connectivity index (χ3n) is 4.58. The van der Waals surface area contributed by atoms with Gasteiger partial charge in [0.15, 0.2) is 5.82 Å². The van der Waals surface area contributed by atoms with Gasteiger partial charge in [0.05, 0.1) is 24.2 Å². The van der Waals surface area contributed by atoms with Crippen LogP contribution in [0, 0.1) is 6.92 Å². The van der Waals surface area contributed by atoms with Crippen LogP contribution in [0.3, 0.4) is 0 Å². The molecule has 4 heterocycles. The summed E-state index contributed by atoms with van der Waals surface area (Å²) >= 11 is 0. The average Bonchev–Trinajstić information content (AvgIpc) is 3.11. The Hall–Kier alpha value is -1.73. The Labute approximate surface area is 122 Å². The van der Waals surface area contributed by atoms with E-state index in [4.69, 9.17) is 9.15 Å². The van der Waals surface area contributed by atoms with Gasteiger partial charge in [0.2, 0.25) is 0 Å². The van der Waals surface area contributed by atoms with Crippen molar-refractivity contribution in [3.63, 3.8) is 0 Å². The second kappa shape index (κ2) is 4.38. The molecule has 7 nitrogen and oxygen atoms in total. The molecule has 21 heavy (non-hydrogen) atoms. The predicted octanol–water partition coefficient (Wildman–Crippen LogP) is 1.03. The normalized spacial score (nSPS) is 30.8. The molecule has 1 aliphatic carbocycles. The first-order valence-corrected chi connectivity index (χ1v) is 7.21. The highest BCUT2D eigenvalue weighted by Crippen LogP contribution is 2.58. The molecule has 3 fully saturated rings. The van der Waals surface area contributed by atoms with Crippen LogP contribution in [-0.4, -0.2) is 51.3 Å². The van der Waals surface area contributed by atoms with E-state index in [0.717, 1.165) is 43.3 Å². The van der Waals surface area contributed by atoms with E-state index in [1.54, 1.807) is 0 Å². The van der Waals surface area contributed by atoms with Gasteiger partial charge in [-0.3, -0.25) is 4.90 Å². The summed E-state index contributed by atoms with van der Waals surface area (Å²) in [6.45, 7) is 4.36. The number of fused-ring (bicyclic) bond motifs is 1. The monoisotopic (exact) mass is 289 g/mol. The maximum Gasteiger partial charge on any atom is 0.183 e. The fourth-order valence-electron chi connectivity index (χ4n) is 3.83. The molecule has 3 aliphatic rings. The molecule has 2 bridgehead atoms. The number of ether oxygens (including phenoxy) is 1. The molecule has 2 aromatic rings. The largest absolute Gasteiger partial charge is 0.465 e. The number of nitrogens with zero attached hydrogens (tertiary/aromatic N) is 4. The van der Waals surface area contributed by atoms with Crippen LogP contribution < -0.4 is 0 Å². The Morgan fingerprint density at radius 2 is 2.24 bits per heavy atom. The molecular formula is C14H19N5O2. The molecule has 112 valence electrons. The third kappa shape index (κ3) is 2.08. The molecule has 2 saturated heterocycles. The molecule has 0 amide bonds. The summed E-state index contributed by atoms with van der Waals surface area (Å²) in [4.78, 5) is 2.25. The Morgan fingerprint density at radius 1 is 1.38 bits per heavy atom. The summed E-state index contributed by atoms with van der Waals surface area (Å²) in [5, 5.41) is 14.5. The van der Waals surface area contributed by atoms with Gasteiger partial charge in [-0.2, -0.15) is 5.21 Å². The van der Waals surface area contributed by atoms with E-state index in [1.807, 2.05) is 19.1 Å². The van der Waals surface area contributed by atoms with Crippen molar-refractivity contribution in [1.29, 1.82) is 0 Å². The Morgan fingerprint density at radius 3 is 2.90 bits per heavy atom. The molecule has 2 aromatic heterocycles. The Balaban J connectivity index is 1.39. The number of tetrazole rings is 1. The molecule has 1 saturated carbocycles. The summed E-state index contributed by atoms with van der Waals surface area (Å²) in [5.74, 6) is 2.74. The second-order valence-electron chi connectivity index (χ2n) is 6.53. The van der Waals surface area contributed by atoms with Crippen LogP contribution >= 0.6 is 0 Å². The van der Waals surface area contributed by atoms with Crippen molar-refractivity contribution < 1.29 is 9.15 Å². The van der Waals surface area contributed by atoms with Crippen LogP contribution in [0.15, 0.2) is 16.5 Å². The molecule has 7 heteroatoms. The maximum absolute atomic E-state index is 6.06. The average molecular weight is 289 g/mol. The molecule has 1 N–H and O–H groups in total. The maximum atomic E-state index is 6.06. The minimum absolute atomic E-state index is 0.0187. The molecular weight excluding hydrogens is 270 g/mol. The zero-order chi connectivity index (χ0) is 14.5. The van der Waals surface area contributed by atoms with E-state index >= 15 is 0 Å². The van der Waals surface area contributed by atoms with Crippen LogP contribution in [0.1, 0.15) is 30.2 Å². The fourth-order valence-corrected chi connectivity index (χ4v) is 3.83. The number of likely N-dealkylation sites (N-methyl/N-ethyl adjacent to an activating group) is 1. The van der Waals surface area contributed by atoms with Gasteiger partial charge in [-0.15, -0.1) is 10.2 Å². The number of hydrogen-bond acceptors (Lipinski definition) is 6. The number of aromatic nitrogens is 4. The van der Waals surface area contributed by atoms with Gasteiger partial charge in [-0.1, -0.05) is 5.21 Å². The van der Waals surface area contributed by atoms with Crippen LogP contribution in [0.25, 0.3) is 0 Å². The van der Waals surface area contributed by atoms with Crippen LogP contribution in [0.5, 0.6) is 0 Å². The molecule has 5 rings (SSSR count). The minimum Gasteiger partial charge on any atom is -0.465 e. The zero-order valence-electron chi connectivity index (χ0n) is 12.3.